The van der Waals surface area contributed by atoms with Crippen molar-refractivity contribution in [2.45, 2.75) is 11.5 Å². The molecule has 21 heavy (non-hydrogen) atoms. The Morgan fingerprint density at radius 2 is 2.10 bits per heavy atom. The highest BCUT2D eigenvalue weighted by Crippen LogP contribution is 2.18. The standard InChI is InChI=1S/C14H15N3O3S/c1-21(18,19)12-4-2-3-11(8-12)20-9-10-5-6-17-13(7-10)14(15)16/h2-8H,9H2,1H3,(H3,15,16). The number of nitrogens with two attached hydrogens (primary N) is 1. The summed E-state index contributed by atoms with van der Waals surface area (Å²) in [5, 5.41) is 7.33. The Kier molecular flexibility index (Phi) is 4.23. The molecule has 0 aliphatic carbocycles. The van der Waals surface area contributed by atoms with E-state index in [1.54, 1.807) is 30.5 Å². The van der Waals surface area contributed by atoms with Gasteiger partial charge in [-0.3, -0.25) is 10.4 Å². The summed E-state index contributed by atoms with van der Waals surface area (Å²) in [6.07, 6.45) is 2.69. The number of benzene rings is 1. The van der Waals surface area contributed by atoms with Crippen LogP contribution in [-0.4, -0.2) is 25.5 Å². The van der Waals surface area contributed by atoms with Gasteiger partial charge in [0.1, 0.15) is 23.9 Å². The number of hydrogen-bond donors (Lipinski definition) is 2. The number of ether oxygens (including phenoxy) is 1. The third-order valence-electron chi connectivity index (χ3n) is 2.74. The molecule has 0 aliphatic rings. The first-order valence-corrected chi connectivity index (χ1v) is 7.97. The van der Waals surface area contributed by atoms with Crippen molar-refractivity contribution in [3.8, 4) is 5.75 Å². The summed E-state index contributed by atoms with van der Waals surface area (Å²) >= 11 is 0. The molecule has 0 amide bonds. The number of pyridine rings is 1. The molecule has 6 nitrogen and oxygen atoms in total. The van der Waals surface area contributed by atoms with Gasteiger partial charge in [0, 0.05) is 12.5 Å². The molecule has 1 heterocycles. The number of aromatic nitrogens is 1. The molecule has 0 atom stereocenters. The second-order valence-electron chi connectivity index (χ2n) is 4.50. The Hall–Kier alpha value is -2.41. The zero-order valence-electron chi connectivity index (χ0n) is 11.4. The lowest BCUT2D eigenvalue weighted by molar-refractivity contribution is 0.305. The van der Waals surface area contributed by atoms with Gasteiger partial charge in [0.15, 0.2) is 9.84 Å². The molecule has 1 aromatic heterocycles. The summed E-state index contributed by atoms with van der Waals surface area (Å²) in [5.41, 5.74) is 6.54. The van der Waals surface area contributed by atoms with Crippen molar-refractivity contribution in [2.75, 3.05) is 6.26 Å². The quantitative estimate of drug-likeness (QED) is 0.640. The van der Waals surface area contributed by atoms with Crippen LogP contribution in [-0.2, 0) is 16.4 Å². The summed E-state index contributed by atoms with van der Waals surface area (Å²) in [6, 6.07) is 9.70. The van der Waals surface area contributed by atoms with Crippen molar-refractivity contribution in [1.82, 2.24) is 4.98 Å². The minimum Gasteiger partial charge on any atom is -0.489 e. The third-order valence-corrected chi connectivity index (χ3v) is 3.85. The Bertz CT molecular complexity index is 773. The highest BCUT2D eigenvalue weighted by atomic mass is 32.2. The van der Waals surface area contributed by atoms with Crippen molar-refractivity contribution >= 4 is 15.7 Å². The first kappa shape index (κ1) is 15.0. The highest BCUT2D eigenvalue weighted by molar-refractivity contribution is 7.90. The van der Waals surface area contributed by atoms with E-state index in [2.05, 4.69) is 4.98 Å². The van der Waals surface area contributed by atoms with Gasteiger partial charge in [-0.25, -0.2) is 8.42 Å². The highest BCUT2D eigenvalue weighted by Gasteiger charge is 2.08. The average molecular weight is 305 g/mol. The van der Waals surface area contributed by atoms with Crippen LogP contribution in [0.25, 0.3) is 0 Å². The van der Waals surface area contributed by atoms with Crippen molar-refractivity contribution in [1.29, 1.82) is 5.41 Å². The van der Waals surface area contributed by atoms with Crippen LogP contribution < -0.4 is 10.5 Å². The van der Waals surface area contributed by atoms with E-state index in [0.717, 1.165) is 11.8 Å². The normalized spacial score (nSPS) is 11.1. The van der Waals surface area contributed by atoms with Crippen LogP contribution in [0.2, 0.25) is 0 Å². The number of nitrogen functional groups attached to an aromatic ring is 1. The zero-order chi connectivity index (χ0) is 15.5. The van der Waals surface area contributed by atoms with Crippen molar-refractivity contribution in [2.24, 2.45) is 5.73 Å². The van der Waals surface area contributed by atoms with Crippen molar-refractivity contribution in [3.05, 3.63) is 53.9 Å². The fourth-order valence-corrected chi connectivity index (χ4v) is 2.33. The Labute approximate surface area is 123 Å². The molecule has 0 saturated heterocycles. The minimum atomic E-state index is -3.26. The van der Waals surface area contributed by atoms with E-state index in [1.807, 2.05) is 0 Å². The molecule has 0 saturated carbocycles. The number of nitrogens with one attached hydrogen (secondary N) is 1. The van der Waals surface area contributed by atoms with E-state index < -0.39 is 9.84 Å². The monoisotopic (exact) mass is 305 g/mol. The molecule has 1 aromatic carbocycles. The van der Waals surface area contributed by atoms with Crippen molar-refractivity contribution < 1.29 is 13.2 Å². The lowest BCUT2D eigenvalue weighted by atomic mass is 10.2. The Balaban J connectivity index is 2.13. The van der Waals surface area contributed by atoms with Gasteiger partial charge in [-0.05, 0) is 35.9 Å². The lowest BCUT2D eigenvalue weighted by Gasteiger charge is -2.08. The summed E-state index contributed by atoms with van der Waals surface area (Å²) < 4.78 is 28.5. The molecular formula is C14H15N3O3S. The maximum Gasteiger partial charge on any atom is 0.175 e. The second-order valence-corrected chi connectivity index (χ2v) is 6.51. The second kappa shape index (κ2) is 5.92. The van der Waals surface area contributed by atoms with Crippen LogP contribution >= 0.6 is 0 Å². The molecule has 7 heteroatoms. The van der Waals surface area contributed by atoms with Gasteiger partial charge < -0.3 is 10.5 Å². The first-order valence-electron chi connectivity index (χ1n) is 6.08. The van der Waals surface area contributed by atoms with Crippen LogP contribution in [0, 0.1) is 5.41 Å². The van der Waals surface area contributed by atoms with Gasteiger partial charge in [-0.2, -0.15) is 0 Å². The molecule has 3 N–H and O–H groups in total. The Morgan fingerprint density at radius 1 is 1.33 bits per heavy atom. The number of amidine groups is 1. The third kappa shape index (κ3) is 4.03. The van der Waals surface area contributed by atoms with Crippen LogP contribution in [0.1, 0.15) is 11.3 Å². The minimum absolute atomic E-state index is 0.115. The van der Waals surface area contributed by atoms with Crippen LogP contribution in [0.4, 0.5) is 0 Å². The predicted octanol–water partition coefficient (Wildman–Crippen LogP) is 1.35. The largest absolute Gasteiger partial charge is 0.489 e. The molecule has 0 spiro atoms. The Morgan fingerprint density at radius 3 is 2.76 bits per heavy atom. The number of nitrogens with zero attached hydrogens (tertiary/aromatic N) is 1. The summed E-state index contributed by atoms with van der Waals surface area (Å²) in [7, 11) is -3.26. The molecule has 0 unspecified atom stereocenters. The van der Waals surface area contributed by atoms with E-state index in [9.17, 15) is 8.42 Å². The molecule has 2 rings (SSSR count). The molecular weight excluding hydrogens is 290 g/mol. The van der Waals surface area contributed by atoms with Crippen molar-refractivity contribution in [3.63, 3.8) is 0 Å². The van der Waals surface area contributed by atoms with Gasteiger partial charge in [-0.15, -0.1) is 0 Å². The topological polar surface area (TPSA) is 106 Å². The summed E-state index contributed by atoms with van der Waals surface area (Å²) in [6.45, 7) is 0.232. The van der Waals surface area contributed by atoms with Gasteiger partial charge in [0.05, 0.1) is 4.90 Å². The zero-order valence-corrected chi connectivity index (χ0v) is 12.2. The predicted molar refractivity (Wildman–Crippen MR) is 79.1 cm³/mol. The lowest BCUT2D eigenvalue weighted by Crippen LogP contribution is -2.13. The fraction of sp³-hybridized carbons (Fsp3) is 0.143. The van der Waals surface area contributed by atoms with Gasteiger partial charge in [0.25, 0.3) is 0 Å². The molecule has 0 radical (unpaired) electrons. The van der Waals surface area contributed by atoms with Crippen LogP contribution in [0.15, 0.2) is 47.5 Å². The first-order chi connectivity index (χ1) is 9.86. The molecule has 2 aromatic rings. The number of sulfone groups is 1. The fourth-order valence-electron chi connectivity index (χ4n) is 1.67. The van der Waals surface area contributed by atoms with Gasteiger partial charge in [-0.1, -0.05) is 6.07 Å². The van der Waals surface area contributed by atoms with E-state index >= 15 is 0 Å². The molecule has 0 bridgehead atoms. The maximum atomic E-state index is 11.5. The van der Waals surface area contributed by atoms with E-state index in [0.29, 0.717) is 11.4 Å². The van der Waals surface area contributed by atoms with Crippen LogP contribution in [0.3, 0.4) is 0 Å². The van der Waals surface area contributed by atoms with E-state index in [-0.39, 0.29) is 17.3 Å². The number of hydrogen-bond acceptors (Lipinski definition) is 5. The number of rotatable bonds is 5. The van der Waals surface area contributed by atoms with Gasteiger partial charge >= 0.3 is 0 Å². The molecule has 110 valence electrons. The van der Waals surface area contributed by atoms with Gasteiger partial charge in [0.2, 0.25) is 0 Å². The molecule has 0 fully saturated rings. The molecule has 0 aliphatic heterocycles. The maximum absolute atomic E-state index is 11.5. The van der Waals surface area contributed by atoms with E-state index in [1.165, 1.54) is 12.1 Å². The summed E-state index contributed by atoms with van der Waals surface area (Å²) in [4.78, 5) is 4.16. The average Bonchev–Trinajstić information content (AvgIpc) is 2.45. The smallest absolute Gasteiger partial charge is 0.175 e. The van der Waals surface area contributed by atoms with E-state index in [4.69, 9.17) is 15.9 Å². The van der Waals surface area contributed by atoms with Crippen LogP contribution in [0.5, 0.6) is 5.75 Å². The summed E-state index contributed by atoms with van der Waals surface area (Å²) in [5.74, 6) is 0.343. The SMILES string of the molecule is CS(=O)(=O)c1cccc(OCc2ccnc(C(=N)N)c2)c1.